The van der Waals surface area contributed by atoms with Gasteiger partial charge in [0.15, 0.2) is 0 Å². The molecule has 0 aliphatic carbocycles. The zero-order valence-corrected chi connectivity index (χ0v) is 11.6. The molecule has 116 valence electrons. The fraction of sp³-hybridized carbons (Fsp3) is 0.357. The van der Waals surface area contributed by atoms with Crippen LogP contribution in [-0.2, 0) is 30.6 Å². The van der Waals surface area contributed by atoms with Gasteiger partial charge in [-0.25, -0.2) is 9.59 Å². The molecular formula is C14H14N2O6. The first kappa shape index (κ1) is 15.8. The maximum absolute atomic E-state index is 11.8. The zero-order valence-electron chi connectivity index (χ0n) is 11.6. The molecule has 8 heteroatoms. The number of hydroxylamine groups is 2. The second kappa shape index (κ2) is 7.41. The van der Waals surface area contributed by atoms with Crippen LogP contribution in [0.5, 0.6) is 0 Å². The quantitative estimate of drug-likeness (QED) is 0.752. The molecule has 1 fully saturated rings. The van der Waals surface area contributed by atoms with E-state index in [4.69, 9.17) is 15.5 Å². The lowest BCUT2D eigenvalue weighted by Gasteiger charge is -2.13. The molecule has 1 amide bonds. The standard InChI is InChI=1S/C14H14N2O6/c15-21-12(17)7-6-11-8-16(22-13(11)18)14(19)20-9-10-4-2-1-3-5-10/h1-5,11H,6-9H2. The number of hydrogen-bond donors (Lipinski definition) is 0. The lowest BCUT2D eigenvalue weighted by molar-refractivity contribution is -0.165. The molecule has 2 radical (unpaired) electrons. The zero-order chi connectivity index (χ0) is 15.9. The summed E-state index contributed by atoms with van der Waals surface area (Å²) in [6.45, 7) is 0.0559. The van der Waals surface area contributed by atoms with E-state index in [0.717, 1.165) is 10.6 Å². The smallest absolute Gasteiger partial charge is 0.442 e. The Hall–Kier alpha value is -2.61. The van der Waals surface area contributed by atoms with Crippen molar-refractivity contribution in [3.8, 4) is 0 Å². The number of nitrogens with zero attached hydrogens (tertiary/aromatic N) is 2. The van der Waals surface area contributed by atoms with Crippen molar-refractivity contribution in [1.29, 1.82) is 0 Å². The Kier molecular flexibility index (Phi) is 5.31. The van der Waals surface area contributed by atoms with Gasteiger partial charge in [0.2, 0.25) is 0 Å². The monoisotopic (exact) mass is 306 g/mol. The van der Waals surface area contributed by atoms with Crippen LogP contribution in [-0.4, -0.2) is 29.6 Å². The van der Waals surface area contributed by atoms with E-state index < -0.39 is 23.9 Å². The minimum absolute atomic E-state index is 0.00876. The minimum Gasteiger partial charge on any atom is -0.442 e. The van der Waals surface area contributed by atoms with Crippen LogP contribution in [0.4, 0.5) is 4.79 Å². The molecule has 0 aromatic heterocycles. The summed E-state index contributed by atoms with van der Waals surface area (Å²) in [7, 11) is 0. The number of carbonyl (C=O) groups is 3. The lowest BCUT2D eigenvalue weighted by atomic mass is 10.0. The van der Waals surface area contributed by atoms with Gasteiger partial charge in [0, 0.05) is 6.42 Å². The van der Waals surface area contributed by atoms with Gasteiger partial charge >= 0.3 is 18.0 Å². The predicted octanol–water partition coefficient (Wildman–Crippen LogP) is 1.02. The van der Waals surface area contributed by atoms with Crippen LogP contribution in [0.1, 0.15) is 18.4 Å². The van der Waals surface area contributed by atoms with Crippen LogP contribution in [0.3, 0.4) is 0 Å². The topological polar surface area (TPSA) is 104 Å². The van der Waals surface area contributed by atoms with Gasteiger partial charge in [-0.3, -0.25) is 4.79 Å². The number of carbonyl (C=O) groups excluding carboxylic acids is 3. The van der Waals surface area contributed by atoms with Crippen molar-refractivity contribution in [2.24, 2.45) is 5.92 Å². The summed E-state index contributed by atoms with van der Waals surface area (Å²) in [5.41, 5.74) is 0.809. The van der Waals surface area contributed by atoms with E-state index in [2.05, 4.69) is 4.84 Å². The van der Waals surface area contributed by atoms with Gasteiger partial charge in [0.05, 0.1) is 12.5 Å². The molecule has 22 heavy (non-hydrogen) atoms. The predicted molar refractivity (Wildman–Crippen MR) is 70.4 cm³/mol. The molecule has 1 aromatic rings. The number of hydrogen-bond acceptors (Lipinski definition) is 6. The Bertz CT molecular complexity index is 548. The van der Waals surface area contributed by atoms with E-state index in [0.29, 0.717) is 0 Å². The van der Waals surface area contributed by atoms with E-state index in [9.17, 15) is 14.4 Å². The highest BCUT2D eigenvalue weighted by Crippen LogP contribution is 2.20. The number of amides is 1. The first-order valence-corrected chi connectivity index (χ1v) is 6.64. The van der Waals surface area contributed by atoms with Crippen LogP contribution < -0.4 is 5.90 Å². The molecule has 0 saturated carbocycles. The molecule has 1 aromatic carbocycles. The summed E-state index contributed by atoms with van der Waals surface area (Å²) in [5.74, 6) is 6.02. The molecule has 8 nitrogen and oxygen atoms in total. The van der Waals surface area contributed by atoms with Gasteiger partial charge in [0.25, 0.3) is 0 Å². The fourth-order valence-electron chi connectivity index (χ4n) is 1.95. The van der Waals surface area contributed by atoms with Crippen molar-refractivity contribution in [3.63, 3.8) is 0 Å². The van der Waals surface area contributed by atoms with E-state index in [-0.39, 0.29) is 26.0 Å². The molecule has 1 unspecified atom stereocenters. The Labute approximate surface area is 126 Å². The first-order valence-electron chi connectivity index (χ1n) is 6.64. The van der Waals surface area contributed by atoms with E-state index in [1.807, 2.05) is 18.2 Å². The third-order valence-corrected chi connectivity index (χ3v) is 3.13. The Morgan fingerprint density at radius 3 is 2.73 bits per heavy atom. The van der Waals surface area contributed by atoms with Gasteiger partial charge in [0.1, 0.15) is 12.5 Å². The van der Waals surface area contributed by atoms with Gasteiger partial charge in [-0.15, -0.1) is 5.06 Å². The molecular weight excluding hydrogens is 292 g/mol. The fourth-order valence-corrected chi connectivity index (χ4v) is 1.95. The van der Waals surface area contributed by atoms with E-state index in [1.54, 1.807) is 12.1 Å². The van der Waals surface area contributed by atoms with Crippen LogP contribution in [0.25, 0.3) is 0 Å². The third-order valence-electron chi connectivity index (χ3n) is 3.13. The molecule has 1 aliphatic heterocycles. The van der Waals surface area contributed by atoms with Crippen molar-refractivity contribution < 1.29 is 28.8 Å². The second-order valence-corrected chi connectivity index (χ2v) is 4.71. The second-order valence-electron chi connectivity index (χ2n) is 4.71. The summed E-state index contributed by atoms with van der Waals surface area (Å²) in [4.78, 5) is 42.5. The van der Waals surface area contributed by atoms with Crippen LogP contribution in [0.2, 0.25) is 0 Å². The SMILES string of the molecule is [N]OC(=O)CCC1CN(C(=O)OCc2ccccc2)OC1=O. The average molecular weight is 306 g/mol. The van der Waals surface area contributed by atoms with Crippen LogP contribution >= 0.6 is 0 Å². The molecule has 1 atom stereocenters. The normalized spacial score (nSPS) is 17.0. The minimum atomic E-state index is -0.849. The van der Waals surface area contributed by atoms with Gasteiger partial charge in [-0.1, -0.05) is 30.3 Å². The van der Waals surface area contributed by atoms with E-state index in [1.165, 1.54) is 0 Å². The highest BCUT2D eigenvalue weighted by Gasteiger charge is 2.37. The van der Waals surface area contributed by atoms with Gasteiger partial charge < -0.3 is 14.4 Å². The van der Waals surface area contributed by atoms with E-state index >= 15 is 0 Å². The molecule has 0 bridgehead atoms. The highest BCUT2D eigenvalue weighted by atomic mass is 16.8. The lowest BCUT2D eigenvalue weighted by Crippen LogP contribution is -2.28. The van der Waals surface area contributed by atoms with Crippen LogP contribution in [0.15, 0.2) is 30.3 Å². The maximum Gasteiger partial charge on any atom is 0.443 e. The summed E-state index contributed by atoms with van der Waals surface area (Å²) >= 11 is 0. The summed E-state index contributed by atoms with van der Waals surface area (Å²) in [5, 5.41) is 0.820. The Morgan fingerprint density at radius 1 is 1.32 bits per heavy atom. The van der Waals surface area contributed by atoms with Crippen molar-refractivity contribution in [2.45, 2.75) is 19.4 Å². The molecule has 1 aliphatic rings. The number of ether oxygens (including phenoxy) is 1. The largest absolute Gasteiger partial charge is 0.443 e. The van der Waals surface area contributed by atoms with Crippen molar-refractivity contribution >= 4 is 18.0 Å². The van der Waals surface area contributed by atoms with Crippen LogP contribution in [0, 0.1) is 5.92 Å². The number of rotatable bonds is 5. The number of benzene rings is 1. The van der Waals surface area contributed by atoms with Crippen molar-refractivity contribution in [1.82, 2.24) is 11.0 Å². The Morgan fingerprint density at radius 2 is 2.05 bits per heavy atom. The molecule has 1 heterocycles. The summed E-state index contributed by atoms with van der Waals surface area (Å²) < 4.78 is 5.03. The maximum atomic E-state index is 11.8. The molecule has 2 rings (SSSR count). The van der Waals surface area contributed by atoms with Crippen molar-refractivity contribution in [3.05, 3.63) is 35.9 Å². The van der Waals surface area contributed by atoms with Crippen molar-refractivity contribution in [2.75, 3.05) is 6.54 Å². The average Bonchev–Trinajstić information content (AvgIpc) is 2.92. The third kappa shape index (κ3) is 4.19. The highest BCUT2D eigenvalue weighted by molar-refractivity contribution is 5.79. The summed E-state index contributed by atoms with van der Waals surface area (Å²) in [6.07, 6.45) is -0.812. The molecule has 1 saturated heterocycles. The molecule has 0 spiro atoms. The first-order chi connectivity index (χ1) is 10.6. The summed E-state index contributed by atoms with van der Waals surface area (Å²) in [6, 6.07) is 9.07. The Balaban J connectivity index is 1.79. The molecule has 0 N–H and O–H groups in total. The van der Waals surface area contributed by atoms with Gasteiger partial charge in [-0.05, 0) is 12.0 Å². The van der Waals surface area contributed by atoms with Gasteiger partial charge in [-0.2, -0.15) is 0 Å².